The molecule has 4 nitrogen and oxygen atoms in total. The number of hydrogen-bond acceptors (Lipinski definition) is 3. The molecule has 0 saturated heterocycles. The minimum atomic E-state index is -3.00. The lowest BCUT2D eigenvalue weighted by atomic mass is 9.84. The van der Waals surface area contributed by atoms with Gasteiger partial charge in [0.05, 0.1) is 12.2 Å². The van der Waals surface area contributed by atoms with E-state index in [0.29, 0.717) is 6.42 Å². The zero-order chi connectivity index (χ0) is 18.3. The second-order valence-corrected chi connectivity index (χ2v) is 6.19. The average molecular weight is 349 g/mol. The van der Waals surface area contributed by atoms with Crippen molar-refractivity contribution in [2.45, 2.75) is 20.0 Å². The molecule has 6 heteroatoms. The summed E-state index contributed by atoms with van der Waals surface area (Å²) in [4.78, 5) is 12.3. The number of amides is 1. The van der Waals surface area contributed by atoms with Crippen LogP contribution in [0.25, 0.3) is 0 Å². The minimum absolute atomic E-state index is 0.0304. The van der Waals surface area contributed by atoms with E-state index in [2.05, 4.69) is 10.1 Å². The van der Waals surface area contributed by atoms with E-state index in [-0.39, 0.29) is 24.5 Å². The van der Waals surface area contributed by atoms with Crippen LogP contribution in [-0.4, -0.2) is 30.8 Å². The number of alkyl halides is 2. The van der Waals surface area contributed by atoms with Crippen molar-refractivity contribution in [3.8, 4) is 5.75 Å². The molecule has 134 valence electrons. The molecule has 0 aromatic heterocycles. The number of hydrogen-bond donors (Lipinski definition) is 2. The Morgan fingerprint density at radius 2 is 1.80 bits per heavy atom. The van der Waals surface area contributed by atoms with Gasteiger partial charge in [-0.1, -0.05) is 49.4 Å². The number of nitrogens with one attached hydrogen (secondary N) is 1. The van der Waals surface area contributed by atoms with Crippen LogP contribution in [0.3, 0.4) is 0 Å². The van der Waals surface area contributed by atoms with Gasteiger partial charge >= 0.3 is 6.61 Å². The Morgan fingerprint density at radius 3 is 2.44 bits per heavy atom. The van der Waals surface area contributed by atoms with E-state index in [0.717, 1.165) is 5.56 Å². The van der Waals surface area contributed by atoms with Gasteiger partial charge in [-0.2, -0.15) is 8.78 Å². The molecular formula is C19H21F2NO3. The number of aliphatic hydroxyl groups is 1. The average Bonchev–Trinajstić information content (AvgIpc) is 2.60. The molecule has 2 aromatic carbocycles. The molecule has 0 saturated carbocycles. The summed E-state index contributed by atoms with van der Waals surface area (Å²) in [5, 5.41) is 12.4. The molecule has 0 heterocycles. The van der Waals surface area contributed by atoms with Crippen molar-refractivity contribution < 1.29 is 23.4 Å². The SMILES string of the molecule is CC(CO)(CNC(=O)c1ccccc1OC(F)F)Cc1ccccc1. The number of halogens is 2. The third-order valence-electron chi connectivity index (χ3n) is 3.88. The third-order valence-corrected chi connectivity index (χ3v) is 3.88. The van der Waals surface area contributed by atoms with Gasteiger partial charge in [0.1, 0.15) is 5.75 Å². The standard InChI is InChI=1S/C19H21F2NO3/c1-19(13-23,11-14-7-3-2-4-8-14)12-22-17(24)15-9-5-6-10-16(15)25-18(20)21/h2-10,18,23H,11-13H2,1H3,(H,22,24). The maximum atomic E-state index is 12.4. The molecule has 2 rings (SSSR count). The van der Waals surface area contributed by atoms with Crippen LogP contribution >= 0.6 is 0 Å². The zero-order valence-corrected chi connectivity index (χ0v) is 13.9. The van der Waals surface area contributed by atoms with Crippen LogP contribution in [0.15, 0.2) is 54.6 Å². The van der Waals surface area contributed by atoms with Gasteiger partial charge in [-0.15, -0.1) is 0 Å². The van der Waals surface area contributed by atoms with E-state index < -0.39 is 17.9 Å². The number of carbonyl (C=O) groups is 1. The predicted molar refractivity (Wildman–Crippen MR) is 90.7 cm³/mol. The fourth-order valence-corrected chi connectivity index (χ4v) is 2.50. The molecule has 1 amide bonds. The van der Waals surface area contributed by atoms with E-state index >= 15 is 0 Å². The van der Waals surface area contributed by atoms with E-state index in [1.54, 1.807) is 6.07 Å². The minimum Gasteiger partial charge on any atom is -0.434 e. The number of carbonyl (C=O) groups excluding carboxylic acids is 1. The fourth-order valence-electron chi connectivity index (χ4n) is 2.50. The summed E-state index contributed by atoms with van der Waals surface area (Å²) >= 11 is 0. The van der Waals surface area contributed by atoms with Gasteiger partial charge in [-0.25, -0.2) is 0 Å². The highest BCUT2D eigenvalue weighted by Gasteiger charge is 2.25. The molecule has 0 aliphatic heterocycles. The molecule has 1 unspecified atom stereocenters. The lowest BCUT2D eigenvalue weighted by Crippen LogP contribution is -2.39. The van der Waals surface area contributed by atoms with Gasteiger partial charge in [0.15, 0.2) is 0 Å². The summed E-state index contributed by atoms with van der Waals surface area (Å²) in [6.07, 6.45) is 0.569. The molecule has 0 fully saturated rings. The Balaban J connectivity index is 2.05. The van der Waals surface area contributed by atoms with Crippen LogP contribution in [0.2, 0.25) is 0 Å². The first kappa shape index (κ1) is 18.9. The smallest absolute Gasteiger partial charge is 0.387 e. The van der Waals surface area contributed by atoms with Crippen molar-refractivity contribution in [2.24, 2.45) is 5.41 Å². The summed E-state index contributed by atoms with van der Waals surface area (Å²) in [5.41, 5.74) is 0.493. The van der Waals surface area contributed by atoms with Crippen LogP contribution < -0.4 is 10.1 Å². The fraction of sp³-hybridized carbons (Fsp3) is 0.316. The Morgan fingerprint density at radius 1 is 1.16 bits per heavy atom. The largest absolute Gasteiger partial charge is 0.434 e. The monoisotopic (exact) mass is 349 g/mol. The van der Waals surface area contributed by atoms with Crippen molar-refractivity contribution >= 4 is 5.91 Å². The Bertz CT molecular complexity index is 694. The van der Waals surface area contributed by atoms with Gasteiger partial charge < -0.3 is 15.2 Å². The van der Waals surface area contributed by atoms with E-state index in [1.165, 1.54) is 18.2 Å². The topological polar surface area (TPSA) is 58.6 Å². The van der Waals surface area contributed by atoms with Crippen molar-refractivity contribution in [1.29, 1.82) is 0 Å². The molecule has 2 aromatic rings. The third kappa shape index (κ3) is 5.53. The molecule has 0 aliphatic carbocycles. The van der Waals surface area contributed by atoms with Gasteiger partial charge in [0, 0.05) is 12.0 Å². The lowest BCUT2D eigenvalue weighted by molar-refractivity contribution is -0.0501. The summed E-state index contributed by atoms with van der Waals surface area (Å²) in [6.45, 7) is -1.09. The molecule has 0 bridgehead atoms. The highest BCUT2D eigenvalue weighted by molar-refractivity contribution is 5.96. The molecule has 0 spiro atoms. The van der Waals surface area contributed by atoms with Gasteiger partial charge in [-0.05, 0) is 24.1 Å². The Kier molecular flexibility index (Phi) is 6.47. The van der Waals surface area contributed by atoms with Crippen LogP contribution in [-0.2, 0) is 6.42 Å². The zero-order valence-electron chi connectivity index (χ0n) is 13.9. The van der Waals surface area contributed by atoms with Crippen molar-refractivity contribution in [1.82, 2.24) is 5.32 Å². The van der Waals surface area contributed by atoms with Crippen LogP contribution in [0, 0.1) is 5.41 Å². The van der Waals surface area contributed by atoms with Crippen molar-refractivity contribution in [3.63, 3.8) is 0 Å². The first-order chi connectivity index (χ1) is 11.9. The normalized spacial score (nSPS) is 13.3. The first-order valence-electron chi connectivity index (χ1n) is 7.90. The Labute approximate surface area is 145 Å². The van der Waals surface area contributed by atoms with Crippen LogP contribution in [0.5, 0.6) is 5.75 Å². The highest BCUT2D eigenvalue weighted by Crippen LogP contribution is 2.23. The molecule has 0 aliphatic rings. The number of rotatable bonds is 8. The Hall–Kier alpha value is -2.47. The second-order valence-electron chi connectivity index (χ2n) is 6.19. The van der Waals surface area contributed by atoms with Gasteiger partial charge in [0.25, 0.3) is 5.91 Å². The first-order valence-corrected chi connectivity index (χ1v) is 7.90. The number of ether oxygens (including phenoxy) is 1. The van der Waals surface area contributed by atoms with E-state index in [1.807, 2.05) is 37.3 Å². The quantitative estimate of drug-likeness (QED) is 0.769. The molecular weight excluding hydrogens is 328 g/mol. The summed E-state index contributed by atoms with van der Waals surface area (Å²) in [5.74, 6) is -0.701. The molecule has 25 heavy (non-hydrogen) atoms. The van der Waals surface area contributed by atoms with Crippen molar-refractivity contribution in [2.75, 3.05) is 13.2 Å². The van der Waals surface area contributed by atoms with Gasteiger partial charge in [0.2, 0.25) is 0 Å². The molecule has 2 N–H and O–H groups in total. The summed E-state index contributed by atoms with van der Waals surface area (Å²) < 4.78 is 29.3. The summed E-state index contributed by atoms with van der Waals surface area (Å²) in [7, 11) is 0. The molecule has 0 radical (unpaired) electrons. The van der Waals surface area contributed by atoms with E-state index in [4.69, 9.17) is 0 Å². The highest BCUT2D eigenvalue weighted by atomic mass is 19.3. The van der Waals surface area contributed by atoms with Crippen molar-refractivity contribution in [3.05, 3.63) is 65.7 Å². The maximum absolute atomic E-state index is 12.4. The van der Waals surface area contributed by atoms with Crippen LogP contribution in [0.1, 0.15) is 22.8 Å². The maximum Gasteiger partial charge on any atom is 0.387 e. The second kappa shape index (κ2) is 8.58. The van der Waals surface area contributed by atoms with E-state index in [9.17, 15) is 18.7 Å². The summed E-state index contributed by atoms with van der Waals surface area (Å²) in [6, 6.07) is 15.4. The molecule has 1 atom stereocenters. The number of benzene rings is 2. The van der Waals surface area contributed by atoms with Gasteiger partial charge in [-0.3, -0.25) is 4.79 Å². The lowest BCUT2D eigenvalue weighted by Gasteiger charge is -2.28. The van der Waals surface area contributed by atoms with Crippen LogP contribution in [0.4, 0.5) is 8.78 Å². The number of para-hydroxylation sites is 1. The predicted octanol–water partition coefficient (Wildman–Crippen LogP) is 3.26. The number of aliphatic hydroxyl groups excluding tert-OH is 1.